The zero-order valence-electron chi connectivity index (χ0n) is 11.6. The van der Waals surface area contributed by atoms with Crippen LogP contribution in [0.3, 0.4) is 0 Å². The fourth-order valence-electron chi connectivity index (χ4n) is 1.69. The number of hydrogen-bond acceptors (Lipinski definition) is 2. The van der Waals surface area contributed by atoms with Crippen molar-refractivity contribution in [2.45, 2.75) is 32.7 Å². The molecule has 0 atom stereocenters. The Hall–Kier alpha value is -1.22. The molecule has 0 heterocycles. The summed E-state index contributed by atoms with van der Waals surface area (Å²) in [5.74, 6) is 0.771. The lowest BCUT2D eigenvalue weighted by molar-refractivity contribution is 0.230. The Morgan fingerprint density at radius 2 is 2.00 bits per heavy atom. The zero-order valence-corrected chi connectivity index (χ0v) is 12.3. The summed E-state index contributed by atoms with van der Waals surface area (Å²) in [6.07, 6.45) is 0. The van der Waals surface area contributed by atoms with E-state index in [0.717, 1.165) is 11.3 Å². The van der Waals surface area contributed by atoms with Gasteiger partial charge in [-0.15, -0.1) is 0 Å². The van der Waals surface area contributed by atoms with Crippen molar-refractivity contribution in [3.05, 3.63) is 29.3 Å². The lowest BCUT2D eigenvalue weighted by Crippen LogP contribution is -2.21. The van der Waals surface area contributed by atoms with Gasteiger partial charge in [0.05, 0.1) is 13.7 Å². The molecule has 0 aliphatic heterocycles. The number of carbonyl (C=O) groups excluding carboxylic acids is 1. The van der Waals surface area contributed by atoms with Crippen LogP contribution in [0.5, 0.6) is 5.75 Å². The van der Waals surface area contributed by atoms with Crippen molar-refractivity contribution >= 4 is 17.0 Å². The molecule has 0 aromatic heterocycles. The van der Waals surface area contributed by atoms with E-state index in [1.54, 1.807) is 14.2 Å². The standard InChI is InChI=1S/C14H20ClNO2/c1-14(2,3)11-6-7-12(18-5)10(8-11)9-16(4)13(15)17/h6-8H,9H2,1-5H3. The highest BCUT2D eigenvalue weighted by Gasteiger charge is 2.17. The lowest BCUT2D eigenvalue weighted by Gasteiger charge is -2.22. The second kappa shape index (κ2) is 5.61. The number of carbonyl (C=O) groups is 1. The summed E-state index contributed by atoms with van der Waals surface area (Å²) in [4.78, 5) is 12.5. The van der Waals surface area contributed by atoms with Crippen molar-refractivity contribution in [1.29, 1.82) is 0 Å². The van der Waals surface area contributed by atoms with Crippen LogP contribution in [0.2, 0.25) is 0 Å². The highest BCUT2D eigenvalue weighted by molar-refractivity contribution is 6.62. The second-order valence-corrected chi connectivity index (χ2v) is 5.71. The second-order valence-electron chi connectivity index (χ2n) is 5.39. The van der Waals surface area contributed by atoms with Gasteiger partial charge in [-0.25, -0.2) is 0 Å². The molecule has 0 bridgehead atoms. The minimum atomic E-state index is -0.474. The SMILES string of the molecule is COc1ccc(C(C)(C)C)cc1CN(C)C(=O)Cl. The molecular formula is C14H20ClNO2. The van der Waals surface area contributed by atoms with E-state index in [2.05, 4.69) is 26.8 Å². The number of methoxy groups -OCH3 is 1. The van der Waals surface area contributed by atoms with Crippen LogP contribution in [0, 0.1) is 0 Å². The summed E-state index contributed by atoms with van der Waals surface area (Å²) < 4.78 is 5.31. The molecule has 0 spiro atoms. The molecule has 0 saturated heterocycles. The van der Waals surface area contributed by atoms with Gasteiger partial charge in [0.25, 0.3) is 0 Å². The minimum Gasteiger partial charge on any atom is -0.496 e. The Morgan fingerprint density at radius 3 is 2.44 bits per heavy atom. The topological polar surface area (TPSA) is 29.5 Å². The molecule has 1 amide bonds. The van der Waals surface area contributed by atoms with Crippen molar-refractivity contribution in [3.63, 3.8) is 0 Å². The molecule has 1 aromatic carbocycles. The third kappa shape index (κ3) is 3.64. The van der Waals surface area contributed by atoms with E-state index in [4.69, 9.17) is 16.3 Å². The van der Waals surface area contributed by atoms with Crippen LogP contribution in [0.1, 0.15) is 31.9 Å². The van der Waals surface area contributed by atoms with Crippen LogP contribution in [-0.4, -0.2) is 24.4 Å². The van der Waals surface area contributed by atoms with Crippen LogP contribution in [0.4, 0.5) is 4.79 Å². The van der Waals surface area contributed by atoms with Gasteiger partial charge < -0.3 is 9.64 Å². The van der Waals surface area contributed by atoms with Gasteiger partial charge in [-0.1, -0.05) is 26.8 Å². The fraction of sp³-hybridized carbons (Fsp3) is 0.500. The van der Waals surface area contributed by atoms with E-state index in [0.29, 0.717) is 6.54 Å². The largest absolute Gasteiger partial charge is 0.496 e. The van der Waals surface area contributed by atoms with Gasteiger partial charge in [0.1, 0.15) is 5.75 Å². The van der Waals surface area contributed by atoms with E-state index in [9.17, 15) is 4.79 Å². The number of benzene rings is 1. The van der Waals surface area contributed by atoms with Gasteiger partial charge in [-0.2, -0.15) is 0 Å². The van der Waals surface area contributed by atoms with Crippen LogP contribution < -0.4 is 4.74 Å². The quantitative estimate of drug-likeness (QED) is 0.617. The van der Waals surface area contributed by atoms with Crippen molar-refractivity contribution in [1.82, 2.24) is 4.90 Å². The molecule has 0 aliphatic carbocycles. The van der Waals surface area contributed by atoms with Gasteiger partial charge in [-0.05, 0) is 34.7 Å². The maximum absolute atomic E-state index is 11.1. The van der Waals surface area contributed by atoms with Crippen molar-refractivity contribution in [2.75, 3.05) is 14.2 Å². The molecule has 0 unspecified atom stereocenters. The number of halogens is 1. The van der Waals surface area contributed by atoms with Gasteiger partial charge >= 0.3 is 5.37 Å². The van der Waals surface area contributed by atoms with Crippen molar-refractivity contribution in [3.8, 4) is 5.75 Å². The third-order valence-corrected chi connectivity index (χ3v) is 3.14. The molecule has 0 fully saturated rings. The molecule has 0 N–H and O–H groups in total. The average molecular weight is 270 g/mol. The first-order valence-electron chi connectivity index (χ1n) is 5.83. The highest BCUT2D eigenvalue weighted by Crippen LogP contribution is 2.28. The smallest absolute Gasteiger partial charge is 0.316 e. The van der Waals surface area contributed by atoms with E-state index in [-0.39, 0.29) is 5.41 Å². The van der Waals surface area contributed by atoms with Crippen molar-refractivity contribution < 1.29 is 9.53 Å². The molecular weight excluding hydrogens is 250 g/mol. The number of nitrogens with zero attached hydrogens (tertiary/aromatic N) is 1. The summed E-state index contributed by atoms with van der Waals surface area (Å²) in [7, 11) is 3.29. The first-order valence-corrected chi connectivity index (χ1v) is 6.21. The van der Waals surface area contributed by atoms with E-state index in [1.807, 2.05) is 12.1 Å². The summed E-state index contributed by atoms with van der Waals surface area (Å²) in [6, 6.07) is 6.04. The Balaban J connectivity index is 3.10. The Bertz CT molecular complexity index is 438. The van der Waals surface area contributed by atoms with Crippen LogP contribution in [-0.2, 0) is 12.0 Å². The molecule has 4 heteroatoms. The van der Waals surface area contributed by atoms with Gasteiger partial charge in [-0.3, -0.25) is 4.79 Å². The predicted octanol–water partition coefficient (Wildman–Crippen LogP) is 3.78. The van der Waals surface area contributed by atoms with E-state index < -0.39 is 5.37 Å². The fourth-order valence-corrected chi connectivity index (χ4v) is 1.75. The zero-order chi connectivity index (χ0) is 13.9. The monoisotopic (exact) mass is 269 g/mol. The Kier molecular flexibility index (Phi) is 4.63. The molecule has 1 aromatic rings. The normalized spacial score (nSPS) is 11.2. The van der Waals surface area contributed by atoms with Gasteiger partial charge in [0, 0.05) is 12.6 Å². The summed E-state index contributed by atoms with van der Waals surface area (Å²) in [6.45, 7) is 6.88. The number of ether oxygens (including phenoxy) is 1. The van der Waals surface area contributed by atoms with Gasteiger partial charge in [0.15, 0.2) is 0 Å². The van der Waals surface area contributed by atoms with E-state index >= 15 is 0 Å². The Morgan fingerprint density at radius 1 is 1.39 bits per heavy atom. The molecule has 1 rings (SSSR count). The highest BCUT2D eigenvalue weighted by atomic mass is 35.5. The maximum Gasteiger partial charge on any atom is 0.316 e. The molecule has 0 saturated carbocycles. The van der Waals surface area contributed by atoms with Crippen molar-refractivity contribution in [2.24, 2.45) is 0 Å². The molecule has 18 heavy (non-hydrogen) atoms. The lowest BCUT2D eigenvalue weighted by atomic mass is 9.86. The predicted molar refractivity (Wildman–Crippen MR) is 74.4 cm³/mol. The molecule has 100 valence electrons. The first kappa shape index (κ1) is 14.8. The number of hydrogen-bond donors (Lipinski definition) is 0. The van der Waals surface area contributed by atoms with Gasteiger partial charge in [0.2, 0.25) is 0 Å². The Labute approximate surface area is 114 Å². The number of amides is 1. The average Bonchev–Trinajstić information content (AvgIpc) is 2.27. The van der Waals surface area contributed by atoms with Crippen LogP contribution in [0.25, 0.3) is 0 Å². The van der Waals surface area contributed by atoms with Crippen LogP contribution >= 0.6 is 11.6 Å². The number of rotatable bonds is 3. The minimum absolute atomic E-state index is 0.0601. The first-order chi connectivity index (χ1) is 8.25. The molecule has 3 nitrogen and oxygen atoms in total. The summed E-state index contributed by atoms with van der Waals surface area (Å²) in [5, 5.41) is -0.474. The summed E-state index contributed by atoms with van der Waals surface area (Å²) in [5.41, 5.74) is 2.22. The third-order valence-electron chi connectivity index (χ3n) is 2.85. The molecule has 0 radical (unpaired) electrons. The molecule has 0 aliphatic rings. The summed E-state index contributed by atoms with van der Waals surface area (Å²) >= 11 is 5.45. The van der Waals surface area contributed by atoms with E-state index in [1.165, 1.54) is 10.5 Å². The van der Waals surface area contributed by atoms with Crippen LogP contribution in [0.15, 0.2) is 18.2 Å². The maximum atomic E-state index is 11.1.